The average molecular weight is 314 g/mol. The first-order valence-corrected chi connectivity index (χ1v) is 8.18. The molecule has 1 fully saturated rings. The van der Waals surface area contributed by atoms with Crippen LogP contribution in [0.5, 0.6) is 0 Å². The Bertz CT molecular complexity index is 701. The lowest BCUT2D eigenvalue weighted by Gasteiger charge is -2.20. The predicted molar refractivity (Wildman–Crippen MR) is 88.0 cm³/mol. The molecule has 5 heteroatoms. The van der Waals surface area contributed by atoms with Crippen LogP contribution in [0, 0.1) is 0 Å². The molecule has 23 heavy (non-hydrogen) atoms. The molecule has 1 saturated heterocycles. The Morgan fingerprint density at radius 2 is 2.00 bits per heavy atom. The molecule has 2 aromatic rings. The number of para-hydroxylation sites is 1. The van der Waals surface area contributed by atoms with Crippen molar-refractivity contribution in [3.63, 3.8) is 0 Å². The van der Waals surface area contributed by atoms with Gasteiger partial charge in [-0.25, -0.2) is 0 Å². The first-order valence-electron chi connectivity index (χ1n) is 8.18. The number of hydrogen-bond acceptors (Lipinski definition) is 3. The second-order valence-electron chi connectivity index (χ2n) is 6.02. The zero-order valence-corrected chi connectivity index (χ0v) is 13.4. The summed E-state index contributed by atoms with van der Waals surface area (Å²) in [6.07, 6.45) is 4.19. The van der Waals surface area contributed by atoms with E-state index in [1.807, 2.05) is 30.5 Å². The van der Waals surface area contributed by atoms with Gasteiger partial charge in [-0.05, 0) is 37.8 Å². The summed E-state index contributed by atoms with van der Waals surface area (Å²) in [5, 5.41) is 1.13. The maximum atomic E-state index is 12.1. The maximum absolute atomic E-state index is 12.1. The lowest BCUT2D eigenvalue weighted by atomic mass is 10.1. The van der Waals surface area contributed by atoms with Crippen LogP contribution in [0.4, 0.5) is 0 Å². The maximum Gasteiger partial charge on any atom is 0.306 e. The summed E-state index contributed by atoms with van der Waals surface area (Å²) in [5.74, 6) is -0.404. The quantitative estimate of drug-likeness (QED) is 0.863. The summed E-state index contributed by atoms with van der Waals surface area (Å²) in [7, 11) is 0. The lowest BCUT2D eigenvalue weighted by molar-refractivity contribution is -0.158. The third kappa shape index (κ3) is 3.55. The van der Waals surface area contributed by atoms with Gasteiger partial charge in [0.25, 0.3) is 5.91 Å². The molecular weight excluding hydrogens is 292 g/mol. The molecule has 5 nitrogen and oxygen atoms in total. The number of hydrogen-bond donors (Lipinski definition) is 1. The van der Waals surface area contributed by atoms with E-state index in [-0.39, 0.29) is 18.3 Å². The van der Waals surface area contributed by atoms with E-state index in [1.165, 1.54) is 0 Å². The molecule has 0 aliphatic carbocycles. The normalized spacial score (nSPS) is 15.8. The number of nitrogens with one attached hydrogen (secondary N) is 1. The zero-order valence-electron chi connectivity index (χ0n) is 13.4. The minimum Gasteiger partial charge on any atom is -0.453 e. The second kappa shape index (κ2) is 6.86. The molecule has 2 heterocycles. The number of likely N-dealkylation sites (tertiary alicyclic amines) is 1. The van der Waals surface area contributed by atoms with Crippen LogP contribution in [0.15, 0.2) is 30.5 Å². The molecule has 1 aliphatic heterocycles. The predicted octanol–water partition coefficient (Wildman–Crippen LogP) is 2.65. The third-order valence-electron chi connectivity index (χ3n) is 4.35. The van der Waals surface area contributed by atoms with E-state index in [0.717, 1.165) is 42.4 Å². The van der Waals surface area contributed by atoms with Crippen molar-refractivity contribution in [3.05, 3.63) is 36.0 Å². The second-order valence-corrected chi connectivity index (χ2v) is 6.02. The molecule has 1 atom stereocenters. The van der Waals surface area contributed by atoms with Crippen LogP contribution in [0.2, 0.25) is 0 Å². The van der Waals surface area contributed by atoms with Gasteiger partial charge in [0.05, 0.1) is 0 Å². The summed E-state index contributed by atoms with van der Waals surface area (Å²) in [5.41, 5.74) is 2.16. The molecule has 0 unspecified atom stereocenters. The molecule has 0 radical (unpaired) electrons. The number of benzene rings is 1. The Balaban J connectivity index is 1.52. The molecule has 1 aliphatic rings. The molecule has 1 aromatic carbocycles. The number of amides is 1. The minimum absolute atomic E-state index is 0.0806. The average Bonchev–Trinajstić information content (AvgIpc) is 3.22. The van der Waals surface area contributed by atoms with Crippen LogP contribution in [0.3, 0.4) is 0 Å². The topological polar surface area (TPSA) is 62.4 Å². The van der Waals surface area contributed by atoms with Gasteiger partial charge in [0, 0.05) is 36.6 Å². The van der Waals surface area contributed by atoms with Crippen molar-refractivity contribution >= 4 is 22.8 Å². The fourth-order valence-corrected chi connectivity index (χ4v) is 3.08. The highest BCUT2D eigenvalue weighted by molar-refractivity contribution is 5.85. The van der Waals surface area contributed by atoms with Gasteiger partial charge in [-0.15, -0.1) is 0 Å². The van der Waals surface area contributed by atoms with E-state index in [4.69, 9.17) is 4.74 Å². The van der Waals surface area contributed by atoms with Gasteiger partial charge < -0.3 is 14.6 Å². The van der Waals surface area contributed by atoms with Crippen LogP contribution < -0.4 is 0 Å². The summed E-state index contributed by atoms with van der Waals surface area (Å²) >= 11 is 0. The molecule has 0 spiro atoms. The number of aryl methyl sites for hydroxylation is 1. The van der Waals surface area contributed by atoms with Gasteiger partial charge in [-0.3, -0.25) is 9.59 Å². The Morgan fingerprint density at radius 1 is 1.26 bits per heavy atom. The lowest BCUT2D eigenvalue weighted by Crippen LogP contribution is -2.38. The van der Waals surface area contributed by atoms with Crippen LogP contribution in [0.25, 0.3) is 10.9 Å². The minimum atomic E-state index is -0.691. The van der Waals surface area contributed by atoms with Crippen LogP contribution in [0.1, 0.15) is 31.7 Å². The Hall–Kier alpha value is -2.30. The Kier molecular flexibility index (Phi) is 4.65. The first kappa shape index (κ1) is 15.6. The van der Waals surface area contributed by atoms with E-state index in [9.17, 15) is 9.59 Å². The van der Waals surface area contributed by atoms with Gasteiger partial charge in [0.1, 0.15) is 0 Å². The number of fused-ring (bicyclic) bond motifs is 1. The number of aromatic nitrogens is 1. The summed E-state index contributed by atoms with van der Waals surface area (Å²) in [6, 6.07) is 8.00. The number of nitrogens with zero attached hydrogens (tertiary/aromatic N) is 1. The standard InChI is InChI=1S/C18H22N2O3/c1-13(18(22)20-10-4-5-11-20)23-17(21)9-8-14-12-19-16-7-3-2-6-15(14)16/h2-3,6-7,12-13,19H,4-5,8-11H2,1H3/t13-/m0/s1. The van der Waals surface area contributed by atoms with Crippen molar-refractivity contribution in [1.82, 2.24) is 9.88 Å². The number of carbonyl (C=O) groups is 2. The molecule has 1 aromatic heterocycles. The molecule has 3 rings (SSSR count). The molecule has 1 amide bonds. The fourth-order valence-electron chi connectivity index (χ4n) is 3.08. The highest BCUT2D eigenvalue weighted by Crippen LogP contribution is 2.19. The largest absolute Gasteiger partial charge is 0.453 e. The molecule has 0 saturated carbocycles. The molecule has 0 bridgehead atoms. The monoisotopic (exact) mass is 314 g/mol. The van der Waals surface area contributed by atoms with Crippen LogP contribution in [-0.2, 0) is 20.7 Å². The van der Waals surface area contributed by atoms with Gasteiger partial charge in [0.15, 0.2) is 6.10 Å². The van der Waals surface area contributed by atoms with E-state index in [1.54, 1.807) is 11.8 Å². The van der Waals surface area contributed by atoms with Crippen molar-refractivity contribution in [2.45, 2.75) is 38.7 Å². The number of esters is 1. The Morgan fingerprint density at radius 3 is 2.78 bits per heavy atom. The van der Waals surface area contributed by atoms with E-state index in [0.29, 0.717) is 6.42 Å². The first-order chi connectivity index (χ1) is 11.1. The van der Waals surface area contributed by atoms with Gasteiger partial charge in [0.2, 0.25) is 0 Å². The van der Waals surface area contributed by atoms with Gasteiger partial charge in [-0.2, -0.15) is 0 Å². The van der Waals surface area contributed by atoms with Gasteiger partial charge in [-0.1, -0.05) is 18.2 Å². The SMILES string of the molecule is C[C@H](OC(=O)CCc1c[nH]c2ccccc12)C(=O)N1CCCC1. The third-order valence-corrected chi connectivity index (χ3v) is 4.35. The van der Waals surface area contributed by atoms with Crippen molar-refractivity contribution in [1.29, 1.82) is 0 Å². The summed E-state index contributed by atoms with van der Waals surface area (Å²) in [4.78, 5) is 29.1. The van der Waals surface area contributed by atoms with Crippen LogP contribution >= 0.6 is 0 Å². The van der Waals surface area contributed by atoms with E-state index in [2.05, 4.69) is 4.98 Å². The Labute approximate surface area is 135 Å². The number of ether oxygens (including phenoxy) is 1. The van der Waals surface area contributed by atoms with Crippen molar-refractivity contribution in [3.8, 4) is 0 Å². The fraction of sp³-hybridized carbons (Fsp3) is 0.444. The zero-order chi connectivity index (χ0) is 16.2. The van der Waals surface area contributed by atoms with Crippen molar-refractivity contribution < 1.29 is 14.3 Å². The number of carbonyl (C=O) groups excluding carboxylic acids is 2. The molecular formula is C18H22N2O3. The smallest absolute Gasteiger partial charge is 0.306 e. The van der Waals surface area contributed by atoms with E-state index >= 15 is 0 Å². The number of aromatic amines is 1. The highest BCUT2D eigenvalue weighted by Gasteiger charge is 2.25. The van der Waals surface area contributed by atoms with Crippen molar-refractivity contribution in [2.24, 2.45) is 0 Å². The summed E-state index contributed by atoms with van der Waals surface area (Å²) < 4.78 is 5.29. The molecule has 122 valence electrons. The number of H-pyrrole nitrogens is 1. The van der Waals surface area contributed by atoms with Crippen LogP contribution in [-0.4, -0.2) is 41.0 Å². The van der Waals surface area contributed by atoms with Crippen molar-refractivity contribution in [2.75, 3.05) is 13.1 Å². The summed E-state index contributed by atoms with van der Waals surface area (Å²) in [6.45, 7) is 3.20. The highest BCUT2D eigenvalue weighted by atomic mass is 16.5. The van der Waals surface area contributed by atoms with Gasteiger partial charge >= 0.3 is 5.97 Å². The molecule has 1 N–H and O–H groups in total. The number of rotatable bonds is 5. The van der Waals surface area contributed by atoms with E-state index < -0.39 is 6.10 Å².